The minimum Gasteiger partial charge on any atom is -0.497 e. The number of benzene rings is 2. The summed E-state index contributed by atoms with van der Waals surface area (Å²) >= 11 is 0. The van der Waals surface area contributed by atoms with Crippen LogP contribution in [0.4, 0.5) is 17.1 Å². The third kappa shape index (κ3) is 4.50. The average molecular weight is 440 g/mol. The number of nitrogens with one attached hydrogen (secondary N) is 1. The van der Waals surface area contributed by atoms with Gasteiger partial charge >= 0.3 is 0 Å². The van der Waals surface area contributed by atoms with Crippen molar-refractivity contribution in [1.29, 1.82) is 0 Å². The van der Waals surface area contributed by atoms with E-state index >= 15 is 0 Å². The minimum atomic E-state index is -0.447. The van der Waals surface area contributed by atoms with Crippen LogP contribution in [0.25, 0.3) is 0 Å². The van der Waals surface area contributed by atoms with E-state index < -0.39 is 5.92 Å². The number of carbonyl (C=O) groups excluding carboxylic acids is 2. The van der Waals surface area contributed by atoms with E-state index in [0.717, 1.165) is 43.2 Å². The summed E-state index contributed by atoms with van der Waals surface area (Å²) in [6.07, 6.45) is 0.150. The highest BCUT2D eigenvalue weighted by atomic mass is 16.5. The normalized spacial score (nSPS) is 18.6. The third-order valence-corrected chi connectivity index (χ3v) is 6.02. The Kier molecular flexibility index (Phi) is 6.50. The molecule has 0 aromatic heterocycles. The van der Waals surface area contributed by atoms with Crippen LogP contribution in [0.2, 0.25) is 0 Å². The van der Waals surface area contributed by atoms with Gasteiger partial charge in [0.25, 0.3) is 0 Å². The molecule has 4 rings (SSSR count). The number of amides is 2. The fraction of sp³-hybridized carbons (Fsp3) is 0.417. The van der Waals surface area contributed by atoms with Gasteiger partial charge in [-0.15, -0.1) is 0 Å². The zero-order chi connectivity index (χ0) is 22.7. The topological polar surface area (TPSA) is 80.3 Å². The molecule has 2 aliphatic rings. The van der Waals surface area contributed by atoms with E-state index in [1.54, 1.807) is 37.3 Å². The molecule has 2 aromatic carbocycles. The minimum absolute atomic E-state index is 0.115. The first kappa shape index (κ1) is 22.0. The molecule has 2 aromatic rings. The Bertz CT molecular complexity index is 1000. The summed E-state index contributed by atoms with van der Waals surface area (Å²) in [6.45, 7) is 5.44. The molecule has 1 atom stereocenters. The third-order valence-electron chi connectivity index (χ3n) is 6.02. The molecule has 1 unspecified atom stereocenters. The Balaban J connectivity index is 1.45. The van der Waals surface area contributed by atoms with Crippen LogP contribution in [-0.4, -0.2) is 58.9 Å². The second-order valence-electron chi connectivity index (χ2n) is 8.03. The number of hydrogen-bond acceptors (Lipinski definition) is 6. The number of rotatable bonds is 6. The van der Waals surface area contributed by atoms with Crippen LogP contribution in [0.3, 0.4) is 0 Å². The van der Waals surface area contributed by atoms with E-state index in [0.29, 0.717) is 23.7 Å². The van der Waals surface area contributed by atoms with Crippen molar-refractivity contribution in [1.82, 2.24) is 0 Å². The molecule has 0 aliphatic carbocycles. The summed E-state index contributed by atoms with van der Waals surface area (Å²) in [7, 11) is 3.12. The van der Waals surface area contributed by atoms with Gasteiger partial charge in [-0.1, -0.05) is 0 Å². The lowest BCUT2D eigenvalue weighted by atomic mass is 10.1. The molecule has 170 valence electrons. The van der Waals surface area contributed by atoms with Crippen molar-refractivity contribution in [2.75, 3.05) is 62.2 Å². The maximum atomic E-state index is 13.0. The standard InChI is InChI=1S/C24H29N3O5/c1-16-12-18(26-8-10-32-11-9-26)4-6-20(16)25-24(29)17-13-23(28)27(15-17)21-14-19(30-2)5-7-22(21)31-3/h4-7,12,14,17H,8-11,13,15H2,1-3H3,(H,25,29). The Hall–Kier alpha value is -3.26. The highest BCUT2D eigenvalue weighted by molar-refractivity contribution is 6.04. The Morgan fingerprint density at radius 3 is 2.56 bits per heavy atom. The molecule has 8 nitrogen and oxygen atoms in total. The monoisotopic (exact) mass is 439 g/mol. The molecule has 0 spiro atoms. The van der Waals surface area contributed by atoms with Crippen LogP contribution >= 0.6 is 0 Å². The molecule has 0 bridgehead atoms. The number of morpholine rings is 1. The number of hydrogen-bond donors (Lipinski definition) is 1. The molecule has 1 N–H and O–H groups in total. The number of aryl methyl sites for hydroxylation is 1. The molecular formula is C24H29N3O5. The number of anilines is 3. The van der Waals surface area contributed by atoms with Crippen LogP contribution in [0.1, 0.15) is 12.0 Å². The summed E-state index contributed by atoms with van der Waals surface area (Å²) in [6, 6.07) is 11.3. The molecule has 2 heterocycles. The summed E-state index contributed by atoms with van der Waals surface area (Å²) in [5.41, 5.74) is 3.48. The fourth-order valence-electron chi connectivity index (χ4n) is 4.16. The van der Waals surface area contributed by atoms with Gasteiger partial charge in [0.2, 0.25) is 11.8 Å². The highest BCUT2D eigenvalue weighted by Crippen LogP contribution is 2.36. The molecule has 8 heteroatoms. The maximum absolute atomic E-state index is 13.0. The molecule has 2 aliphatic heterocycles. The van der Waals surface area contributed by atoms with Gasteiger partial charge in [0.1, 0.15) is 11.5 Å². The second kappa shape index (κ2) is 9.48. The number of carbonyl (C=O) groups is 2. The maximum Gasteiger partial charge on any atom is 0.229 e. The Labute approximate surface area is 188 Å². The van der Waals surface area contributed by atoms with Gasteiger partial charge in [0.15, 0.2) is 0 Å². The molecule has 2 fully saturated rings. The van der Waals surface area contributed by atoms with Crippen molar-refractivity contribution in [3.8, 4) is 11.5 Å². The van der Waals surface area contributed by atoms with Gasteiger partial charge in [-0.3, -0.25) is 9.59 Å². The van der Waals surface area contributed by atoms with Gasteiger partial charge in [-0.05, 0) is 42.8 Å². The first-order chi connectivity index (χ1) is 15.5. The zero-order valence-electron chi connectivity index (χ0n) is 18.7. The molecule has 0 saturated carbocycles. The molecule has 2 saturated heterocycles. The Morgan fingerprint density at radius 1 is 1.09 bits per heavy atom. The summed E-state index contributed by atoms with van der Waals surface area (Å²) in [4.78, 5) is 29.6. The first-order valence-corrected chi connectivity index (χ1v) is 10.8. The average Bonchev–Trinajstić information content (AvgIpc) is 3.22. The summed E-state index contributed by atoms with van der Waals surface area (Å²) in [5, 5.41) is 3.01. The van der Waals surface area contributed by atoms with E-state index in [-0.39, 0.29) is 18.2 Å². The van der Waals surface area contributed by atoms with Crippen molar-refractivity contribution in [2.45, 2.75) is 13.3 Å². The SMILES string of the molecule is COc1ccc(OC)c(N2CC(C(=O)Nc3ccc(N4CCOCC4)cc3C)CC2=O)c1. The predicted molar refractivity (Wildman–Crippen MR) is 123 cm³/mol. The van der Waals surface area contributed by atoms with E-state index in [2.05, 4.69) is 16.3 Å². The number of ether oxygens (including phenoxy) is 3. The van der Waals surface area contributed by atoms with Gasteiger partial charge in [0, 0.05) is 43.5 Å². The van der Waals surface area contributed by atoms with Crippen LogP contribution in [0.5, 0.6) is 11.5 Å². The van der Waals surface area contributed by atoms with Crippen molar-refractivity contribution in [2.24, 2.45) is 5.92 Å². The molecular weight excluding hydrogens is 410 g/mol. The molecule has 0 radical (unpaired) electrons. The van der Waals surface area contributed by atoms with Crippen molar-refractivity contribution in [3.63, 3.8) is 0 Å². The first-order valence-electron chi connectivity index (χ1n) is 10.8. The number of methoxy groups -OCH3 is 2. The number of nitrogens with zero attached hydrogens (tertiary/aromatic N) is 2. The molecule has 2 amide bonds. The lowest BCUT2D eigenvalue weighted by molar-refractivity contribution is -0.122. The fourth-order valence-corrected chi connectivity index (χ4v) is 4.16. The van der Waals surface area contributed by atoms with Crippen LogP contribution < -0.4 is 24.6 Å². The predicted octanol–water partition coefficient (Wildman–Crippen LogP) is 2.84. The van der Waals surface area contributed by atoms with Gasteiger partial charge in [0.05, 0.1) is 39.0 Å². The van der Waals surface area contributed by atoms with E-state index in [1.165, 1.54) is 0 Å². The lowest BCUT2D eigenvalue weighted by Crippen LogP contribution is -2.36. The highest BCUT2D eigenvalue weighted by Gasteiger charge is 2.36. The van der Waals surface area contributed by atoms with Crippen LogP contribution in [-0.2, 0) is 14.3 Å². The zero-order valence-corrected chi connectivity index (χ0v) is 18.7. The van der Waals surface area contributed by atoms with E-state index in [9.17, 15) is 9.59 Å². The Morgan fingerprint density at radius 2 is 1.88 bits per heavy atom. The van der Waals surface area contributed by atoms with Crippen molar-refractivity contribution < 1.29 is 23.8 Å². The van der Waals surface area contributed by atoms with E-state index in [1.807, 2.05) is 19.1 Å². The lowest BCUT2D eigenvalue weighted by Gasteiger charge is -2.29. The van der Waals surface area contributed by atoms with Gasteiger partial charge in [-0.2, -0.15) is 0 Å². The smallest absolute Gasteiger partial charge is 0.229 e. The second-order valence-corrected chi connectivity index (χ2v) is 8.03. The summed E-state index contributed by atoms with van der Waals surface area (Å²) < 4.78 is 16.1. The van der Waals surface area contributed by atoms with Gasteiger partial charge < -0.3 is 29.3 Å². The quantitative estimate of drug-likeness (QED) is 0.746. The largest absolute Gasteiger partial charge is 0.497 e. The van der Waals surface area contributed by atoms with Crippen LogP contribution in [0.15, 0.2) is 36.4 Å². The van der Waals surface area contributed by atoms with Crippen molar-refractivity contribution >= 4 is 28.9 Å². The van der Waals surface area contributed by atoms with Crippen LogP contribution in [0, 0.1) is 12.8 Å². The van der Waals surface area contributed by atoms with E-state index in [4.69, 9.17) is 14.2 Å². The molecule has 32 heavy (non-hydrogen) atoms. The summed E-state index contributed by atoms with van der Waals surface area (Å²) in [5.74, 6) is 0.463. The van der Waals surface area contributed by atoms with Gasteiger partial charge in [-0.25, -0.2) is 0 Å². The van der Waals surface area contributed by atoms with Crippen molar-refractivity contribution in [3.05, 3.63) is 42.0 Å².